The van der Waals surface area contributed by atoms with Gasteiger partial charge in [0, 0.05) is 71.3 Å². The number of fused-ring (bicyclic) bond motifs is 2. The van der Waals surface area contributed by atoms with Crippen molar-refractivity contribution >= 4 is 35.0 Å². The Morgan fingerprint density at radius 1 is 0.957 bits per heavy atom. The van der Waals surface area contributed by atoms with Gasteiger partial charge in [0.25, 0.3) is 5.91 Å². The number of ether oxygens (including phenoxy) is 1. The third kappa shape index (κ3) is 8.41. The number of hydrogen-bond donors (Lipinski definition) is 2. The van der Waals surface area contributed by atoms with E-state index in [0.717, 1.165) is 41.8 Å². The van der Waals surface area contributed by atoms with Crippen molar-refractivity contribution in [2.45, 2.75) is 57.3 Å². The first-order valence-corrected chi connectivity index (χ1v) is 16.7. The number of phenolic OH excluding ortho intramolecular Hbond substituents is 1. The van der Waals surface area contributed by atoms with Crippen LogP contribution in [0.3, 0.4) is 0 Å². The largest absolute Gasteiger partial charge is 0.508 e. The van der Waals surface area contributed by atoms with Gasteiger partial charge in [0.1, 0.15) is 11.9 Å². The number of halogens is 2. The molecule has 2 amide bonds. The van der Waals surface area contributed by atoms with Gasteiger partial charge in [-0.15, -0.1) is 0 Å². The molecule has 3 heterocycles. The fourth-order valence-electron chi connectivity index (χ4n) is 6.93. The van der Waals surface area contributed by atoms with Crippen molar-refractivity contribution in [2.75, 3.05) is 46.4 Å². The van der Waals surface area contributed by atoms with E-state index in [2.05, 4.69) is 10.2 Å². The number of rotatable bonds is 8. The highest BCUT2D eigenvalue weighted by molar-refractivity contribution is 6.42. The van der Waals surface area contributed by atoms with E-state index in [-0.39, 0.29) is 23.9 Å². The quantitative estimate of drug-likeness (QED) is 0.335. The monoisotopic (exact) mass is 666 g/mol. The summed E-state index contributed by atoms with van der Waals surface area (Å²) in [6.45, 7) is 8.28. The Morgan fingerprint density at radius 3 is 2.33 bits per heavy atom. The van der Waals surface area contributed by atoms with Crippen LogP contribution in [0.1, 0.15) is 41.1 Å². The summed E-state index contributed by atoms with van der Waals surface area (Å²) in [6.07, 6.45) is 1.53. The highest BCUT2D eigenvalue weighted by Crippen LogP contribution is 2.33. The molecular weight excluding hydrogens is 623 g/mol. The number of hydrogen-bond acceptors (Lipinski definition) is 6. The molecule has 0 radical (unpaired) electrons. The number of methoxy groups -OCH3 is 1. The second kappa shape index (κ2) is 15.6. The lowest BCUT2D eigenvalue weighted by Gasteiger charge is -2.38. The van der Waals surface area contributed by atoms with Gasteiger partial charge >= 0.3 is 0 Å². The van der Waals surface area contributed by atoms with Crippen LogP contribution in [-0.2, 0) is 20.7 Å². The van der Waals surface area contributed by atoms with Crippen LogP contribution in [0.15, 0.2) is 66.7 Å². The number of nitrogens with one attached hydrogen (secondary N) is 1. The minimum atomic E-state index is -0.470. The molecule has 246 valence electrons. The summed E-state index contributed by atoms with van der Waals surface area (Å²) in [5, 5.41) is 13.4. The van der Waals surface area contributed by atoms with Crippen molar-refractivity contribution in [3.05, 3.63) is 99.0 Å². The molecule has 3 fully saturated rings. The predicted molar refractivity (Wildman–Crippen MR) is 182 cm³/mol. The van der Waals surface area contributed by atoms with Crippen LogP contribution in [-0.4, -0.2) is 96.2 Å². The van der Waals surface area contributed by atoms with Crippen molar-refractivity contribution < 1.29 is 19.4 Å². The number of likely N-dealkylation sites (tertiary alicyclic amines) is 2. The molecule has 3 aliphatic rings. The number of nitrogens with zero attached hydrogens (tertiary/aromatic N) is 3. The molecule has 10 heteroatoms. The van der Waals surface area contributed by atoms with Crippen LogP contribution in [0.4, 0.5) is 0 Å². The molecule has 2 N–H and O–H groups in total. The van der Waals surface area contributed by atoms with E-state index in [4.69, 9.17) is 33.0 Å². The number of piperazine rings is 2. The Kier molecular flexibility index (Phi) is 11.6. The normalized spacial score (nSPS) is 21.5. The van der Waals surface area contributed by atoms with Crippen molar-refractivity contribution in [3.8, 4) is 5.75 Å². The van der Waals surface area contributed by atoms with Gasteiger partial charge in [0.05, 0.1) is 16.1 Å². The van der Waals surface area contributed by atoms with Crippen LogP contribution in [0.25, 0.3) is 0 Å². The molecule has 6 rings (SSSR count). The van der Waals surface area contributed by atoms with E-state index in [0.29, 0.717) is 60.9 Å². The molecule has 8 nitrogen and oxygen atoms in total. The zero-order chi connectivity index (χ0) is 32.8. The average molecular weight is 668 g/mol. The molecular formula is C36H44Cl2N4O4. The van der Waals surface area contributed by atoms with Gasteiger partial charge in [-0.2, -0.15) is 0 Å². The molecule has 2 bridgehead atoms. The van der Waals surface area contributed by atoms with Gasteiger partial charge in [-0.05, 0) is 66.8 Å². The molecule has 0 saturated carbocycles. The fraction of sp³-hybridized carbons (Fsp3) is 0.444. The van der Waals surface area contributed by atoms with E-state index in [1.165, 1.54) is 0 Å². The summed E-state index contributed by atoms with van der Waals surface area (Å²) in [5.41, 5.74) is 4.30. The van der Waals surface area contributed by atoms with E-state index < -0.39 is 6.10 Å². The SMILES string of the molecule is CO[C@@H](Cc1ccccc1)C(=O)N1CC2C[C@H]1CN2CCC(=O)N1CCNCC1c1ccc(Cl)c(Cl)c1.Cc1cc(C)cc(O)c1. The number of carbonyl (C=O) groups is 2. The minimum Gasteiger partial charge on any atom is -0.508 e. The molecule has 0 spiro atoms. The minimum absolute atomic E-state index is 0.0604. The van der Waals surface area contributed by atoms with Crippen LogP contribution in [0.5, 0.6) is 5.75 Å². The van der Waals surface area contributed by atoms with Gasteiger partial charge in [0.15, 0.2) is 0 Å². The van der Waals surface area contributed by atoms with E-state index in [1.807, 2.05) is 72.2 Å². The second-order valence-electron chi connectivity index (χ2n) is 12.5. The third-order valence-corrected chi connectivity index (χ3v) is 9.91. The second-order valence-corrected chi connectivity index (χ2v) is 13.3. The number of aryl methyl sites for hydroxylation is 2. The third-order valence-electron chi connectivity index (χ3n) is 9.17. The molecule has 3 saturated heterocycles. The Labute approximate surface area is 282 Å². The van der Waals surface area contributed by atoms with Crippen LogP contribution in [0.2, 0.25) is 10.0 Å². The lowest BCUT2D eigenvalue weighted by atomic mass is 10.0. The molecule has 3 aliphatic heterocycles. The van der Waals surface area contributed by atoms with E-state index in [1.54, 1.807) is 25.3 Å². The van der Waals surface area contributed by atoms with Gasteiger partial charge in [-0.3, -0.25) is 14.5 Å². The Balaban J connectivity index is 0.000000400. The summed E-state index contributed by atoms with van der Waals surface area (Å²) >= 11 is 12.3. The summed E-state index contributed by atoms with van der Waals surface area (Å²) in [7, 11) is 1.61. The van der Waals surface area contributed by atoms with Gasteiger partial charge < -0.3 is 25.0 Å². The molecule has 3 aromatic carbocycles. The average Bonchev–Trinajstić information content (AvgIpc) is 3.65. The van der Waals surface area contributed by atoms with Crippen molar-refractivity contribution in [1.82, 2.24) is 20.0 Å². The highest BCUT2D eigenvalue weighted by Gasteiger charge is 2.46. The molecule has 46 heavy (non-hydrogen) atoms. The fourth-order valence-corrected chi connectivity index (χ4v) is 7.24. The lowest BCUT2D eigenvalue weighted by molar-refractivity contribution is -0.144. The zero-order valence-corrected chi connectivity index (χ0v) is 28.3. The zero-order valence-electron chi connectivity index (χ0n) is 26.8. The first kappa shape index (κ1) is 34.2. The van der Waals surface area contributed by atoms with Crippen LogP contribution in [0, 0.1) is 13.8 Å². The Bertz CT molecular complexity index is 1460. The van der Waals surface area contributed by atoms with Crippen LogP contribution >= 0.6 is 23.2 Å². The highest BCUT2D eigenvalue weighted by atomic mass is 35.5. The molecule has 0 aromatic heterocycles. The maximum absolute atomic E-state index is 13.3. The molecule has 0 aliphatic carbocycles. The molecule has 2 unspecified atom stereocenters. The number of benzene rings is 3. The van der Waals surface area contributed by atoms with E-state index in [9.17, 15) is 9.59 Å². The number of carbonyl (C=O) groups excluding carboxylic acids is 2. The number of aromatic hydroxyl groups is 1. The molecule has 4 atom stereocenters. The van der Waals surface area contributed by atoms with Crippen molar-refractivity contribution in [3.63, 3.8) is 0 Å². The van der Waals surface area contributed by atoms with Gasteiger partial charge in [-0.1, -0.05) is 65.7 Å². The lowest BCUT2D eigenvalue weighted by Crippen LogP contribution is -2.53. The van der Waals surface area contributed by atoms with Crippen LogP contribution < -0.4 is 5.32 Å². The maximum atomic E-state index is 13.3. The summed E-state index contributed by atoms with van der Waals surface area (Å²) in [5.74, 6) is 0.572. The van der Waals surface area contributed by atoms with Crippen molar-refractivity contribution in [2.24, 2.45) is 0 Å². The number of phenols is 1. The maximum Gasteiger partial charge on any atom is 0.252 e. The number of amides is 2. The Hall–Kier alpha value is -3.14. The van der Waals surface area contributed by atoms with Crippen molar-refractivity contribution in [1.29, 1.82) is 0 Å². The Morgan fingerprint density at radius 2 is 1.70 bits per heavy atom. The topological polar surface area (TPSA) is 85.4 Å². The summed E-state index contributed by atoms with van der Waals surface area (Å²) in [4.78, 5) is 32.9. The smallest absolute Gasteiger partial charge is 0.252 e. The first-order chi connectivity index (χ1) is 22.1. The summed E-state index contributed by atoms with van der Waals surface area (Å²) in [6, 6.07) is 21.5. The van der Waals surface area contributed by atoms with Gasteiger partial charge in [0.2, 0.25) is 5.91 Å². The predicted octanol–water partition coefficient (Wildman–Crippen LogP) is 5.41. The van der Waals surface area contributed by atoms with Gasteiger partial charge in [-0.25, -0.2) is 0 Å². The summed E-state index contributed by atoms with van der Waals surface area (Å²) < 4.78 is 5.59. The standard InChI is InChI=1S/C28H34Cl2N4O3.C8H10O/c1-37-26(13-19-5-3-2-4-6-19)28(36)34-18-21-15-22(34)17-32(21)11-9-27(35)33-12-10-31-16-25(33)20-7-8-23(29)24(30)14-20;1-6-3-7(2)5-8(9)4-6/h2-8,14,21-22,25-26,31H,9-13,15-18H2,1H3;3-5,9H,1-2H3/t21?,22-,25?,26-;/m0./s1. The molecule has 3 aromatic rings. The first-order valence-electron chi connectivity index (χ1n) is 16.0. The van der Waals surface area contributed by atoms with E-state index >= 15 is 0 Å².